The second-order valence-electron chi connectivity index (χ2n) is 4.70. The first kappa shape index (κ1) is 12.1. The van der Waals surface area contributed by atoms with E-state index in [9.17, 15) is 8.78 Å². The number of fused-ring (bicyclic) bond motifs is 1. The molecule has 0 radical (unpaired) electrons. The summed E-state index contributed by atoms with van der Waals surface area (Å²) in [6.07, 6.45) is 2.00. The fourth-order valence-electron chi connectivity index (χ4n) is 2.24. The average molecular weight is 240 g/mol. The highest BCUT2D eigenvalue weighted by Crippen LogP contribution is 2.35. The van der Waals surface area contributed by atoms with Gasteiger partial charge in [0, 0.05) is 18.5 Å². The summed E-state index contributed by atoms with van der Waals surface area (Å²) >= 11 is 0. The Morgan fingerprint density at radius 2 is 1.76 bits per heavy atom. The number of nitrogens with one attached hydrogen (secondary N) is 2. The molecule has 0 aliphatic carbocycles. The van der Waals surface area contributed by atoms with E-state index in [1.165, 1.54) is 0 Å². The van der Waals surface area contributed by atoms with Crippen LogP contribution in [-0.2, 0) is 0 Å². The van der Waals surface area contributed by atoms with Gasteiger partial charge in [-0.3, -0.25) is 0 Å². The molecule has 0 aromatic heterocycles. The Morgan fingerprint density at radius 1 is 1.12 bits per heavy atom. The van der Waals surface area contributed by atoms with Crippen LogP contribution in [0.1, 0.15) is 26.7 Å². The second kappa shape index (κ2) is 4.51. The molecule has 0 atom stereocenters. The molecule has 1 aromatic carbocycles. The normalized spacial score (nSPS) is 17.6. The molecular weight excluding hydrogens is 222 g/mol. The molecule has 94 valence electrons. The summed E-state index contributed by atoms with van der Waals surface area (Å²) in [5.74, 6) is -1.60. The molecule has 1 aliphatic rings. The first-order chi connectivity index (χ1) is 8.12. The van der Waals surface area contributed by atoms with E-state index in [1.807, 2.05) is 0 Å². The van der Waals surface area contributed by atoms with Gasteiger partial charge in [0.2, 0.25) is 0 Å². The minimum atomic E-state index is -0.807. The summed E-state index contributed by atoms with van der Waals surface area (Å²) in [7, 11) is 0. The van der Waals surface area contributed by atoms with Crippen LogP contribution in [0, 0.1) is 17.0 Å². The molecule has 0 fully saturated rings. The van der Waals surface area contributed by atoms with Crippen LogP contribution in [0.15, 0.2) is 12.1 Å². The Kier molecular flexibility index (Phi) is 3.22. The summed E-state index contributed by atoms with van der Waals surface area (Å²) in [5.41, 5.74) is 1.00. The summed E-state index contributed by atoms with van der Waals surface area (Å²) in [6, 6.07) is 2.75. The lowest BCUT2D eigenvalue weighted by atomic mass is 9.82. The third-order valence-corrected chi connectivity index (χ3v) is 3.89. The van der Waals surface area contributed by atoms with Crippen LogP contribution in [0.25, 0.3) is 0 Å². The molecule has 2 rings (SSSR count). The first-order valence-electron chi connectivity index (χ1n) is 6.07. The van der Waals surface area contributed by atoms with Gasteiger partial charge in [0.05, 0.1) is 11.4 Å². The van der Waals surface area contributed by atoms with Gasteiger partial charge in [-0.05, 0) is 25.0 Å². The molecule has 1 heterocycles. The fourth-order valence-corrected chi connectivity index (χ4v) is 2.24. The van der Waals surface area contributed by atoms with Crippen LogP contribution >= 0.6 is 0 Å². The zero-order valence-corrected chi connectivity index (χ0v) is 10.2. The molecule has 17 heavy (non-hydrogen) atoms. The van der Waals surface area contributed by atoms with Crippen molar-refractivity contribution in [2.45, 2.75) is 26.7 Å². The molecule has 0 spiro atoms. The topological polar surface area (TPSA) is 24.1 Å². The Labute approximate surface area is 100 Å². The highest BCUT2D eigenvalue weighted by Gasteiger charge is 2.30. The van der Waals surface area contributed by atoms with Crippen molar-refractivity contribution in [2.24, 2.45) is 5.41 Å². The quantitative estimate of drug-likeness (QED) is 0.825. The van der Waals surface area contributed by atoms with E-state index in [1.54, 1.807) is 6.07 Å². The van der Waals surface area contributed by atoms with E-state index < -0.39 is 11.6 Å². The molecule has 1 aromatic rings. The largest absolute Gasteiger partial charge is 0.383 e. The SMILES string of the molecule is CCC1(CC)CNc2ccc(F)c(F)c2NC1. The third-order valence-electron chi connectivity index (χ3n) is 3.89. The molecule has 1 aliphatic heterocycles. The van der Waals surface area contributed by atoms with Crippen LogP contribution in [0.5, 0.6) is 0 Å². The lowest BCUT2D eigenvalue weighted by Crippen LogP contribution is -2.33. The van der Waals surface area contributed by atoms with Gasteiger partial charge in [-0.15, -0.1) is 0 Å². The Balaban J connectivity index is 2.33. The molecular formula is C13H18F2N2. The van der Waals surface area contributed by atoms with Crippen molar-refractivity contribution in [3.63, 3.8) is 0 Å². The maximum Gasteiger partial charge on any atom is 0.183 e. The summed E-state index contributed by atoms with van der Waals surface area (Å²) < 4.78 is 26.8. The number of benzene rings is 1. The highest BCUT2D eigenvalue weighted by atomic mass is 19.2. The van der Waals surface area contributed by atoms with Crippen LogP contribution in [0.4, 0.5) is 20.2 Å². The summed E-state index contributed by atoms with van der Waals surface area (Å²) in [6.45, 7) is 5.70. The summed E-state index contributed by atoms with van der Waals surface area (Å²) in [5, 5.41) is 6.27. The van der Waals surface area contributed by atoms with Gasteiger partial charge < -0.3 is 10.6 Å². The zero-order valence-electron chi connectivity index (χ0n) is 10.2. The molecule has 0 unspecified atom stereocenters. The lowest BCUT2D eigenvalue weighted by Gasteiger charge is -2.30. The van der Waals surface area contributed by atoms with Crippen molar-refractivity contribution in [1.82, 2.24) is 0 Å². The Bertz CT molecular complexity index is 414. The van der Waals surface area contributed by atoms with Crippen molar-refractivity contribution in [3.8, 4) is 0 Å². The molecule has 0 saturated carbocycles. The van der Waals surface area contributed by atoms with E-state index in [0.29, 0.717) is 12.2 Å². The van der Waals surface area contributed by atoms with E-state index in [0.717, 1.165) is 25.5 Å². The van der Waals surface area contributed by atoms with Crippen molar-refractivity contribution in [3.05, 3.63) is 23.8 Å². The minimum Gasteiger partial charge on any atom is -0.383 e. The van der Waals surface area contributed by atoms with Crippen molar-refractivity contribution < 1.29 is 8.78 Å². The molecule has 2 N–H and O–H groups in total. The van der Waals surface area contributed by atoms with E-state index in [-0.39, 0.29) is 11.1 Å². The molecule has 4 heteroatoms. The van der Waals surface area contributed by atoms with Gasteiger partial charge in [0.25, 0.3) is 0 Å². The van der Waals surface area contributed by atoms with Gasteiger partial charge in [0.15, 0.2) is 11.6 Å². The van der Waals surface area contributed by atoms with E-state index in [4.69, 9.17) is 0 Å². The maximum atomic E-state index is 13.6. The number of anilines is 2. The van der Waals surface area contributed by atoms with Gasteiger partial charge in [-0.25, -0.2) is 8.78 Å². The minimum absolute atomic E-state index is 0.0991. The van der Waals surface area contributed by atoms with Gasteiger partial charge in [-0.1, -0.05) is 13.8 Å². The predicted molar refractivity (Wildman–Crippen MR) is 66.4 cm³/mol. The van der Waals surface area contributed by atoms with Gasteiger partial charge >= 0.3 is 0 Å². The first-order valence-corrected chi connectivity index (χ1v) is 6.07. The molecule has 2 nitrogen and oxygen atoms in total. The highest BCUT2D eigenvalue weighted by molar-refractivity contribution is 5.70. The van der Waals surface area contributed by atoms with Crippen LogP contribution in [-0.4, -0.2) is 13.1 Å². The number of rotatable bonds is 2. The molecule has 0 amide bonds. The maximum absolute atomic E-state index is 13.6. The monoisotopic (exact) mass is 240 g/mol. The van der Waals surface area contributed by atoms with Gasteiger partial charge in [0.1, 0.15) is 0 Å². The number of hydrogen-bond acceptors (Lipinski definition) is 2. The van der Waals surface area contributed by atoms with E-state index >= 15 is 0 Å². The van der Waals surface area contributed by atoms with Crippen molar-refractivity contribution in [2.75, 3.05) is 23.7 Å². The van der Waals surface area contributed by atoms with Crippen molar-refractivity contribution >= 4 is 11.4 Å². The molecule has 0 bridgehead atoms. The average Bonchev–Trinajstić information content (AvgIpc) is 2.54. The zero-order chi connectivity index (χ0) is 12.5. The standard InChI is InChI=1S/C13H18F2N2/c1-3-13(4-2)7-16-10-6-5-9(14)11(15)12(10)17-8-13/h5-6,16-17H,3-4,7-8H2,1-2H3. The van der Waals surface area contributed by atoms with Gasteiger partial charge in [-0.2, -0.15) is 0 Å². The Hall–Kier alpha value is -1.32. The smallest absolute Gasteiger partial charge is 0.183 e. The third kappa shape index (κ3) is 2.08. The van der Waals surface area contributed by atoms with Crippen LogP contribution < -0.4 is 10.6 Å². The van der Waals surface area contributed by atoms with Crippen LogP contribution in [0.2, 0.25) is 0 Å². The molecule has 0 saturated heterocycles. The predicted octanol–water partition coefficient (Wildman–Crippen LogP) is 3.61. The number of halogens is 2. The van der Waals surface area contributed by atoms with E-state index in [2.05, 4.69) is 24.5 Å². The number of hydrogen-bond donors (Lipinski definition) is 2. The second-order valence-corrected chi connectivity index (χ2v) is 4.70. The summed E-state index contributed by atoms with van der Waals surface area (Å²) in [4.78, 5) is 0. The Morgan fingerprint density at radius 3 is 2.41 bits per heavy atom. The lowest BCUT2D eigenvalue weighted by molar-refractivity contribution is 0.307. The van der Waals surface area contributed by atoms with Crippen molar-refractivity contribution in [1.29, 1.82) is 0 Å². The fraction of sp³-hybridized carbons (Fsp3) is 0.538. The van der Waals surface area contributed by atoms with Crippen LogP contribution in [0.3, 0.4) is 0 Å².